The summed E-state index contributed by atoms with van der Waals surface area (Å²) >= 11 is 0. The Hall–Kier alpha value is -1.64. The number of hydrogen-bond acceptors (Lipinski definition) is 2. The lowest BCUT2D eigenvalue weighted by atomic mass is 10.1. The summed E-state index contributed by atoms with van der Waals surface area (Å²) in [6.07, 6.45) is 2.73. The van der Waals surface area contributed by atoms with Crippen molar-refractivity contribution in [1.82, 2.24) is 5.32 Å². The van der Waals surface area contributed by atoms with Gasteiger partial charge in [-0.25, -0.2) is 0 Å². The first-order chi connectivity index (χ1) is 10.3. The predicted molar refractivity (Wildman–Crippen MR) is 86.1 cm³/mol. The van der Waals surface area contributed by atoms with Gasteiger partial charge in [-0.15, -0.1) is 0 Å². The quantitative estimate of drug-likeness (QED) is 0.828. The van der Waals surface area contributed by atoms with Crippen LogP contribution in [0.3, 0.4) is 0 Å². The summed E-state index contributed by atoms with van der Waals surface area (Å²) in [7, 11) is 1.73. The van der Waals surface area contributed by atoms with E-state index in [0.717, 1.165) is 19.0 Å². The Morgan fingerprint density at radius 1 is 0.952 bits per heavy atom. The van der Waals surface area contributed by atoms with Crippen molar-refractivity contribution in [2.45, 2.75) is 38.5 Å². The summed E-state index contributed by atoms with van der Waals surface area (Å²) in [5.41, 5.74) is 5.43. The molecular formula is C19H23NO. The topological polar surface area (TPSA) is 21.3 Å². The number of hydrogen-bond donors (Lipinski definition) is 1. The Kier molecular flexibility index (Phi) is 4.69. The third-order valence-electron chi connectivity index (χ3n) is 3.96. The molecule has 0 aliphatic heterocycles. The van der Waals surface area contributed by atoms with Crippen molar-refractivity contribution < 1.29 is 4.74 Å². The Balaban J connectivity index is 1.53. The first kappa shape index (κ1) is 14.3. The van der Waals surface area contributed by atoms with Gasteiger partial charge in [0.2, 0.25) is 0 Å². The molecule has 2 aromatic rings. The second kappa shape index (κ2) is 6.88. The van der Waals surface area contributed by atoms with Crippen molar-refractivity contribution >= 4 is 0 Å². The van der Waals surface area contributed by atoms with Gasteiger partial charge < -0.3 is 10.1 Å². The fourth-order valence-corrected chi connectivity index (χ4v) is 2.72. The summed E-state index contributed by atoms with van der Waals surface area (Å²) in [5, 5.41) is 3.53. The molecule has 21 heavy (non-hydrogen) atoms. The molecule has 0 saturated heterocycles. The lowest BCUT2D eigenvalue weighted by Gasteiger charge is -2.08. The fraction of sp³-hybridized carbons (Fsp3) is 0.368. The summed E-state index contributed by atoms with van der Waals surface area (Å²) in [6, 6.07) is 17.6. The van der Waals surface area contributed by atoms with Crippen LogP contribution < -0.4 is 5.32 Å². The molecule has 1 N–H and O–H groups in total. The Morgan fingerprint density at radius 2 is 1.62 bits per heavy atom. The van der Waals surface area contributed by atoms with Crippen LogP contribution in [0.1, 0.15) is 41.0 Å². The average Bonchev–Trinajstić information content (AvgIpc) is 3.33. The van der Waals surface area contributed by atoms with Gasteiger partial charge in [0.1, 0.15) is 0 Å². The van der Waals surface area contributed by atoms with Crippen LogP contribution in [0.15, 0.2) is 48.5 Å². The van der Waals surface area contributed by atoms with Crippen molar-refractivity contribution in [2.75, 3.05) is 7.11 Å². The number of ether oxygens (including phenoxy) is 1. The maximum absolute atomic E-state index is 5.18. The monoisotopic (exact) mass is 281 g/mol. The molecule has 0 heterocycles. The van der Waals surface area contributed by atoms with E-state index in [9.17, 15) is 0 Å². The molecular weight excluding hydrogens is 258 g/mol. The van der Waals surface area contributed by atoms with Crippen LogP contribution in [0.4, 0.5) is 0 Å². The molecule has 0 spiro atoms. The van der Waals surface area contributed by atoms with Crippen LogP contribution in [0.5, 0.6) is 0 Å². The predicted octanol–water partition coefficient (Wildman–Crippen LogP) is 4.00. The van der Waals surface area contributed by atoms with E-state index in [2.05, 4.69) is 53.8 Å². The summed E-state index contributed by atoms with van der Waals surface area (Å²) in [4.78, 5) is 0. The van der Waals surface area contributed by atoms with E-state index in [1.165, 1.54) is 35.1 Å². The Bertz CT molecular complexity index is 590. The molecule has 1 fully saturated rings. The lowest BCUT2D eigenvalue weighted by Crippen LogP contribution is -2.13. The van der Waals surface area contributed by atoms with E-state index in [0.29, 0.717) is 6.61 Å². The van der Waals surface area contributed by atoms with E-state index < -0.39 is 0 Å². The van der Waals surface area contributed by atoms with Crippen LogP contribution in [0.25, 0.3) is 0 Å². The van der Waals surface area contributed by atoms with Gasteiger partial charge in [-0.2, -0.15) is 0 Å². The van der Waals surface area contributed by atoms with E-state index >= 15 is 0 Å². The minimum absolute atomic E-state index is 0.678. The highest BCUT2D eigenvalue weighted by Gasteiger charge is 2.23. The minimum Gasteiger partial charge on any atom is -0.380 e. The Morgan fingerprint density at radius 3 is 2.33 bits per heavy atom. The Labute approximate surface area is 127 Å². The van der Waals surface area contributed by atoms with Crippen molar-refractivity contribution in [2.24, 2.45) is 0 Å². The van der Waals surface area contributed by atoms with Crippen molar-refractivity contribution in [3.63, 3.8) is 0 Å². The van der Waals surface area contributed by atoms with Crippen LogP contribution in [-0.4, -0.2) is 7.11 Å². The normalized spacial score (nSPS) is 14.3. The number of nitrogens with one attached hydrogen (secondary N) is 1. The molecule has 0 bridgehead atoms. The van der Waals surface area contributed by atoms with Gasteiger partial charge in [-0.3, -0.25) is 0 Å². The van der Waals surface area contributed by atoms with E-state index in [1.54, 1.807) is 7.11 Å². The van der Waals surface area contributed by atoms with Crippen LogP contribution in [-0.2, 0) is 24.4 Å². The zero-order valence-electron chi connectivity index (χ0n) is 12.6. The largest absolute Gasteiger partial charge is 0.380 e. The molecule has 0 amide bonds. The number of methoxy groups -OCH3 is 1. The van der Waals surface area contributed by atoms with Gasteiger partial charge in [0.15, 0.2) is 0 Å². The smallest absolute Gasteiger partial charge is 0.0713 e. The summed E-state index contributed by atoms with van der Waals surface area (Å²) in [6.45, 7) is 2.50. The van der Waals surface area contributed by atoms with Crippen molar-refractivity contribution in [3.05, 3.63) is 70.8 Å². The van der Waals surface area contributed by atoms with Gasteiger partial charge in [0.05, 0.1) is 6.61 Å². The number of rotatable bonds is 7. The van der Waals surface area contributed by atoms with Crippen molar-refractivity contribution in [3.8, 4) is 0 Å². The molecule has 0 atom stereocenters. The van der Waals surface area contributed by atoms with Crippen LogP contribution >= 0.6 is 0 Å². The van der Waals surface area contributed by atoms with E-state index in [-0.39, 0.29) is 0 Å². The van der Waals surface area contributed by atoms with Gasteiger partial charge in [0.25, 0.3) is 0 Å². The summed E-state index contributed by atoms with van der Waals surface area (Å²) in [5.74, 6) is 0.829. The highest BCUT2D eigenvalue weighted by molar-refractivity contribution is 5.29. The minimum atomic E-state index is 0.678. The molecule has 110 valence electrons. The molecule has 2 aromatic carbocycles. The first-order valence-corrected chi connectivity index (χ1v) is 7.71. The van der Waals surface area contributed by atoms with Crippen molar-refractivity contribution in [1.29, 1.82) is 0 Å². The molecule has 1 saturated carbocycles. The molecule has 0 radical (unpaired) electrons. The first-order valence-electron chi connectivity index (χ1n) is 7.71. The molecule has 2 nitrogen and oxygen atoms in total. The average molecular weight is 281 g/mol. The standard InChI is InChI=1S/C19H23NO/c1-21-14-17-6-2-4-15(10-17)12-20-13-16-5-3-7-19(11-16)18-8-9-18/h2-7,10-11,18,20H,8-9,12-14H2,1H3. The third kappa shape index (κ3) is 4.16. The van der Waals surface area contributed by atoms with Gasteiger partial charge in [-0.1, -0.05) is 48.5 Å². The molecule has 0 aromatic heterocycles. The molecule has 1 aliphatic rings. The van der Waals surface area contributed by atoms with Gasteiger partial charge >= 0.3 is 0 Å². The van der Waals surface area contributed by atoms with Gasteiger partial charge in [-0.05, 0) is 41.0 Å². The molecule has 2 heteroatoms. The zero-order chi connectivity index (χ0) is 14.5. The SMILES string of the molecule is COCc1cccc(CNCc2cccc(C3CC3)c2)c1. The molecule has 3 rings (SSSR count). The molecule has 0 unspecified atom stereocenters. The fourth-order valence-electron chi connectivity index (χ4n) is 2.72. The van der Waals surface area contributed by atoms with Crippen LogP contribution in [0, 0.1) is 0 Å². The zero-order valence-corrected chi connectivity index (χ0v) is 12.6. The van der Waals surface area contributed by atoms with E-state index in [4.69, 9.17) is 4.74 Å². The third-order valence-corrected chi connectivity index (χ3v) is 3.96. The highest BCUT2D eigenvalue weighted by atomic mass is 16.5. The summed E-state index contributed by atoms with van der Waals surface area (Å²) < 4.78 is 5.18. The van der Waals surface area contributed by atoms with Gasteiger partial charge in [0, 0.05) is 20.2 Å². The number of benzene rings is 2. The highest BCUT2D eigenvalue weighted by Crippen LogP contribution is 2.40. The maximum Gasteiger partial charge on any atom is 0.0713 e. The lowest BCUT2D eigenvalue weighted by molar-refractivity contribution is 0.185. The maximum atomic E-state index is 5.18. The molecule has 1 aliphatic carbocycles. The van der Waals surface area contributed by atoms with E-state index in [1.807, 2.05) is 0 Å². The van der Waals surface area contributed by atoms with Crippen LogP contribution in [0.2, 0.25) is 0 Å². The second-order valence-corrected chi connectivity index (χ2v) is 5.88. The second-order valence-electron chi connectivity index (χ2n) is 5.88.